The van der Waals surface area contributed by atoms with Gasteiger partial charge in [-0.25, -0.2) is 4.98 Å². The fourth-order valence-electron chi connectivity index (χ4n) is 1.11. The molecule has 1 unspecified atom stereocenters. The zero-order chi connectivity index (χ0) is 8.97. The number of thiazole rings is 1. The van der Waals surface area contributed by atoms with Crippen LogP contribution in [0.25, 0.3) is 0 Å². The van der Waals surface area contributed by atoms with Gasteiger partial charge in [0.15, 0.2) is 0 Å². The Bertz CT molecular complexity index is 230. The summed E-state index contributed by atoms with van der Waals surface area (Å²) in [6.07, 6.45) is 2.17. The van der Waals surface area contributed by atoms with Gasteiger partial charge in [0, 0.05) is 11.3 Å². The van der Waals surface area contributed by atoms with Crippen LogP contribution in [0.1, 0.15) is 24.0 Å². The van der Waals surface area contributed by atoms with Gasteiger partial charge in [0.1, 0.15) is 0 Å². The van der Waals surface area contributed by atoms with Crippen LogP contribution in [0.5, 0.6) is 0 Å². The van der Waals surface area contributed by atoms with Gasteiger partial charge >= 0.3 is 0 Å². The number of alkyl halides is 1. The van der Waals surface area contributed by atoms with Gasteiger partial charge in [-0.3, -0.25) is 0 Å². The lowest BCUT2D eigenvalue weighted by Crippen LogP contribution is -2.04. The Morgan fingerprint density at radius 1 is 1.67 bits per heavy atom. The lowest BCUT2D eigenvalue weighted by Gasteiger charge is -2.07. The highest BCUT2D eigenvalue weighted by molar-refractivity contribution is 7.09. The fourth-order valence-corrected chi connectivity index (χ4v) is 2.06. The largest absolute Gasteiger partial charge is 0.247 e. The predicted octanol–water partition coefficient (Wildman–Crippen LogP) is 3.26. The Morgan fingerprint density at radius 2 is 2.42 bits per heavy atom. The van der Waals surface area contributed by atoms with Gasteiger partial charge in [-0.1, -0.05) is 13.3 Å². The van der Waals surface area contributed by atoms with Crippen LogP contribution in [0.2, 0.25) is 0 Å². The van der Waals surface area contributed by atoms with Gasteiger partial charge in [-0.05, 0) is 19.3 Å². The lowest BCUT2D eigenvalue weighted by atomic mass is 10.0. The predicted molar refractivity (Wildman–Crippen MR) is 55.1 cm³/mol. The fraction of sp³-hybridized carbons (Fsp3) is 0.667. The quantitative estimate of drug-likeness (QED) is 0.685. The number of halogens is 1. The molecule has 0 N–H and O–H groups in total. The summed E-state index contributed by atoms with van der Waals surface area (Å²) in [5.41, 5.74) is 1.20. The van der Waals surface area contributed by atoms with Crippen LogP contribution in [0, 0.1) is 12.8 Å². The molecule has 1 nitrogen and oxygen atoms in total. The number of aryl methyl sites for hydroxylation is 1. The van der Waals surface area contributed by atoms with Crippen LogP contribution < -0.4 is 0 Å². The minimum Gasteiger partial charge on any atom is -0.247 e. The summed E-state index contributed by atoms with van der Waals surface area (Å²) < 4.78 is 0. The molecule has 1 heterocycles. The summed E-state index contributed by atoms with van der Waals surface area (Å²) in [5, 5.41) is 3.28. The number of aromatic nitrogens is 1. The van der Waals surface area contributed by atoms with Crippen molar-refractivity contribution in [2.75, 3.05) is 5.88 Å². The molecule has 0 aliphatic heterocycles. The van der Waals surface area contributed by atoms with Crippen LogP contribution in [0.3, 0.4) is 0 Å². The first-order valence-corrected chi connectivity index (χ1v) is 5.64. The first-order valence-electron chi connectivity index (χ1n) is 4.23. The second-order valence-electron chi connectivity index (χ2n) is 2.99. The molecule has 0 saturated carbocycles. The molecule has 12 heavy (non-hydrogen) atoms. The van der Waals surface area contributed by atoms with Crippen LogP contribution in [0.4, 0.5) is 0 Å². The number of hydrogen-bond donors (Lipinski definition) is 0. The van der Waals surface area contributed by atoms with Gasteiger partial charge in [0.25, 0.3) is 0 Å². The first-order chi connectivity index (χ1) is 5.76. The van der Waals surface area contributed by atoms with Crippen molar-refractivity contribution >= 4 is 22.9 Å². The third-order valence-electron chi connectivity index (χ3n) is 1.96. The highest BCUT2D eigenvalue weighted by atomic mass is 35.5. The number of nitrogens with zero attached hydrogens (tertiary/aromatic N) is 1. The third kappa shape index (κ3) is 2.76. The van der Waals surface area contributed by atoms with Crippen molar-refractivity contribution in [2.24, 2.45) is 5.92 Å². The van der Waals surface area contributed by atoms with Crippen LogP contribution in [0.15, 0.2) is 5.38 Å². The third-order valence-corrected chi connectivity index (χ3v) is 3.22. The zero-order valence-corrected chi connectivity index (χ0v) is 9.08. The molecule has 0 aliphatic carbocycles. The SMILES string of the molecule is CCC(CCl)Cc1csc(C)n1. The molecule has 0 aromatic carbocycles. The molecule has 3 heteroatoms. The second-order valence-corrected chi connectivity index (χ2v) is 4.36. The number of hydrogen-bond acceptors (Lipinski definition) is 2. The molecule has 0 fully saturated rings. The Kier molecular flexibility index (Phi) is 4.02. The maximum absolute atomic E-state index is 5.80. The molecule has 0 spiro atoms. The van der Waals surface area contributed by atoms with Gasteiger partial charge in [-0.15, -0.1) is 22.9 Å². The van der Waals surface area contributed by atoms with E-state index >= 15 is 0 Å². The van der Waals surface area contributed by atoms with Gasteiger partial charge in [0.05, 0.1) is 10.7 Å². The van der Waals surface area contributed by atoms with E-state index in [-0.39, 0.29) is 0 Å². The highest BCUT2D eigenvalue weighted by Gasteiger charge is 2.07. The highest BCUT2D eigenvalue weighted by Crippen LogP contribution is 2.15. The van der Waals surface area contributed by atoms with Crippen molar-refractivity contribution in [3.63, 3.8) is 0 Å². The molecule has 0 amide bonds. The number of rotatable bonds is 4. The van der Waals surface area contributed by atoms with Gasteiger partial charge < -0.3 is 0 Å². The molecule has 68 valence electrons. The summed E-state index contributed by atoms with van der Waals surface area (Å²) in [6.45, 7) is 4.21. The molecule has 1 aromatic heterocycles. The monoisotopic (exact) mass is 203 g/mol. The van der Waals surface area contributed by atoms with E-state index in [1.165, 1.54) is 5.69 Å². The van der Waals surface area contributed by atoms with Crippen molar-refractivity contribution in [1.82, 2.24) is 4.98 Å². The van der Waals surface area contributed by atoms with E-state index in [2.05, 4.69) is 17.3 Å². The van der Waals surface area contributed by atoms with Crippen molar-refractivity contribution in [1.29, 1.82) is 0 Å². The molecule has 0 radical (unpaired) electrons. The van der Waals surface area contributed by atoms with Crippen LogP contribution >= 0.6 is 22.9 Å². The zero-order valence-electron chi connectivity index (χ0n) is 7.51. The molecule has 1 rings (SSSR count). The van der Waals surface area contributed by atoms with Gasteiger partial charge in [0.2, 0.25) is 0 Å². The Hall–Kier alpha value is -0.0800. The van der Waals surface area contributed by atoms with E-state index < -0.39 is 0 Å². The van der Waals surface area contributed by atoms with E-state index in [4.69, 9.17) is 11.6 Å². The van der Waals surface area contributed by atoms with Crippen molar-refractivity contribution in [3.8, 4) is 0 Å². The average Bonchev–Trinajstić information content (AvgIpc) is 2.47. The summed E-state index contributed by atoms with van der Waals surface area (Å²) >= 11 is 7.51. The summed E-state index contributed by atoms with van der Waals surface area (Å²) in [6, 6.07) is 0. The molecule has 0 saturated heterocycles. The Morgan fingerprint density at radius 3 is 2.83 bits per heavy atom. The Balaban J connectivity index is 2.50. The summed E-state index contributed by atoms with van der Waals surface area (Å²) in [4.78, 5) is 4.41. The summed E-state index contributed by atoms with van der Waals surface area (Å²) in [5.74, 6) is 1.33. The molecule has 1 aromatic rings. The van der Waals surface area contributed by atoms with E-state index in [0.29, 0.717) is 5.92 Å². The minimum absolute atomic E-state index is 0.591. The normalized spacial score (nSPS) is 13.2. The minimum atomic E-state index is 0.591. The van der Waals surface area contributed by atoms with Crippen molar-refractivity contribution in [2.45, 2.75) is 26.7 Å². The van der Waals surface area contributed by atoms with Crippen LogP contribution in [-0.4, -0.2) is 10.9 Å². The first kappa shape index (κ1) is 10.0. The van der Waals surface area contributed by atoms with E-state index in [0.717, 1.165) is 23.7 Å². The smallest absolute Gasteiger partial charge is 0.0897 e. The van der Waals surface area contributed by atoms with E-state index in [9.17, 15) is 0 Å². The van der Waals surface area contributed by atoms with E-state index in [1.807, 2.05) is 6.92 Å². The molecule has 0 aliphatic rings. The topological polar surface area (TPSA) is 12.9 Å². The molecule has 1 atom stereocenters. The average molecular weight is 204 g/mol. The summed E-state index contributed by atoms with van der Waals surface area (Å²) in [7, 11) is 0. The maximum Gasteiger partial charge on any atom is 0.0897 e. The van der Waals surface area contributed by atoms with Crippen LogP contribution in [-0.2, 0) is 6.42 Å². The standard InChI is InChI=1S/C9H14ClNS/c1-3-8(5-10)4-9-6-12-7(2)11-9/h6,8H,3-5H2,1-2H3. The van der Waals surface area contributed by atoms with Crippen molar-refractivity contribution < 1.29 is 0 Å². The molecule has 0 bridgehead atoms. The second kappa shape index (κ2) is 4.83. The lowest BCUT2D eigenvalue weighted by molar-refractivity contribution is 0.560. The Labute approximate surface area is 82.8 Å². The van der Waals surface area contributed by atoms with Gasteiger partial charge in [-0.2, -0.15) is 0 Å². The maximum atomic E-state index is 5.80. The van der Waals surface area contributed by atoms with Crippen molar-refractivity contribution in [3.05, 3.63) is 16.1 Å². The molecular weight excluding hydrogens is 190 g/mol. The van der Waals surface area contributed by atoms with E-state index in [1.54, 1.807) is 11.3 Å². The molecular formula is C9H14ClNS.